The molecule has 6 heteroatoms. The molecule has 178 valence electrons. The number of piperidine rings is 1. The third kappa shape index (κ3) is 5.52. The largest absolute Gasteiger partial charge is 0.329 e. The monoisotopic (exact) mass is 468 g/mol. The highest BCUT2D eigenvalue weighted by Gasteiger charge is 2.26. The zero-order chi connectivity index (χ0) is 21.8. The van der Waals surface area contributed by atoms with Crippen LogP contribution < -0.4 is 5.69 Å². The first-order valence-electron chi connectivity index (χ1n) is 12.6. The Hall–Kier alpha value is -2.11. The Morgan fingerprint density at radius 1 is 0.848 bits per heavy atom. The molecular formula is C27H37ClN4O. The van der Waals surface area contributed by atoms with Crippen molar-refractivity contribution in [3.8, 4) is 0 Å². The van der Waals surface area contributed by atoms with Gasteiger partial charge in [0.25, 0.3) is 0 Å². The van der Waals surface area contributed by atoms with Gasteiger partial charge >= 0.3 is 5.69 Å². The normalized spacial score (nSPS) is 19.2. The van der Waals surface area contributed by atoms with Crippen molar-refractivity contribution in [3.05, 3.63) is 64.8 Å². The van der Waals surface area contributed by atoms with E-state index in [2.05, 4.69) is 32.7 Å². The smallest absolute Gasteiger partial charge is 0.303 e. The van der Waals surface area contributed by atoms with Crippen LogP contribution in [0.15, 0.2) is 53.6 Å². The van der Waals surface area contributed by atoms with Gasteiger partial charge in [0.05, 0.1) is 17.6 Å². The van der Waals surface area contributed by atoms with E-state index in [1.165, 1.54) is 51.5 Å². The van der Waals surface area contributed by atoms with Gasteiger partial charge in [-0.1, -0.05) is 50.3 Å². The maximum atomic E-state index is 13.6. The maximum Gasteiger partial charge on any atom is 0.329 e. The number of fused-ring (bicyclic) bond motifs is 1. The van der Waals surface area contributed by atoms with Crippen LogP contribution in [0.1, 0.15) is 69.4 Å². The average molecular weight is 469 g/mol. The van der Waals surface area contributed by atoms with E-state index in [1.807, 2.05) is 29.0 Å². The fraction of sp³-hybridized carbons (Fsp3) is 0.556. The number of aromatic nitrogens is 3. The van der Waals surface area contributed by atoms with Crippen LogP contribution in [0, 0.1) is 5.92 Å². The fourth-order valence-corrected chi connectivity index (χ4v) is 5.86. The lowest BCUT2D eigenvalue weighted by Gasteiger charge is -2.35. The summed E-state index contributed by atoms with van der Waals surface area (Å²) in [4.78, 5) is 20.4. The molecule has 1 saturated heterocycles. The standard InChI is InChI=1S/C27H36N4O.ClH/c32-27-30(21-23-11-8-16-28-19-23)25-12-6-7-13-26(25)31(27)24-14-17-29(18-15-24)20-22-9-4-2-1-3-5-10-22;/h6-8,11-13,16,19,22,24H,1-5,9-10,14-15,17-18,20-21H2;1H. The van der Waals surface area contributed by atoms with Crippen LogP contribution in [-0.4, -0.2) is 38.7 Å². The van der Waals surface area contributed by atoms with Crippen LogP contribution in [0.3, 0.4) is 0 Å². The molecule has 2 aliphatic rings. The van der Waals surface area contributed by atoms with Crippen molar-refractivity contribution in [1.82, 2.24) is 19.0 Å². The number of hydrogen-bond donors (Lipinski definition) is 0. The number of pyridine rings is 1. The van der Waals surface area contributed by atoms with E-state index in [0.29, 0.717) is 6.54 Å². The third-order valence-electron chi connectivity index (χ3n) is 7.60. The minimum atomic E-state index is 0. The van der Waals surface area contributed by atoms with Crippen LogP contribution >= 0.6 is 12.4 Å². The second kappa shape index (κ2) is 11.3. The van der Waals surface area contributed by atoms with Crippen molar-refractivity contribution in [2.75, 3.05) is 19.6 Å². The number of likely N-dealkylation sites (tertiary alicyclic amines) is 1. The fourth-order valence-electron chi connectivity index (χ4n) is 5.86. The highest BCUT2D eigenvalue weighted by Crippen LogP contribution is 2.28. The van der Waals surface area contributed by atoms with Crippen LogP contribution in [0.4, 0.5) is 0 Å². The molecule has 5 nitrogen and oxygen atoms in total. The van der Waals surface area contributed by atoms with Gasteiger partial charge in [0.1, 0.15) is 0 Å². The topological polar surface area (TPSA) is 43.1 Å². The molecule has 0 bridgehead atoms. The molecule has 0 radical (unpaired) electrons. The van der Waals surface area contributed by atoms with E-state index < -0.39 is 0 Å². The Bertz CT molecular complexity index is 1060. The molecule has 2 aromatic heterocycles. The summed E-state index contributed by atoms with van der Waals surface area (Å²) in [5, 5.41) is 0. The number of benzene rings is 1. The highest BCUT2D eigenvalue weighted by atomic mass is 35.5. The first-order valence-corrected chi connectivity index (χ1v) is 12.6. The molecule has 1 saturated carbocycles. The van der Waals surface area contributed by atoms with Gasteiger partial charge in [0.15, 0.2) is 0 Å². The Kier molecular flexibility index (Phi) is 8.26. The number of hydrogen-bond acceptors (Lipinski definition) is 3. The van der Waals surface area contributed by atoms with Crippen molar-refractivity contribution in [3.63, 3.8) is 0 Å². The van der Waals surface area contributed by atoms with Crippen molar-refractivity contribution >= 4 is 23.4 Å². The van der Waals surface area contributed by atoms with E-state index in [0.717, 1.165) is 48.4 Å². The Balaban J connectivity index is 0.00000259. The Labute approximate surface area is 203 Å². The quantitative estimate of drug-likeness (QED) is 0.484. The van der Waals surface area contributed by atoms with Gasteiger partial charge in [0, 0.05) is 38.1 Å². The van der Waals surface area contributed by atoms with E-state index in [4.69, 9.17) is 0 Å². The van der Waals surface area contributed by atoms with Gasteiger partial charge in [-0.05, 0) is 55.4 Å². The van der Waals surface area contributed by atoms with E-state index in [9.17, 15) is 4.79 Å². The molecule has 5 rings (SSSR count). The summed E-state index contributed by atoms with van der Waals surface area (Å²) in [6.45, 7) is 4.04. The highest BCUT2D eigenvalue weighted by molar-refractivity contribution is 5.85. The SMILES string of the molecule is Cl.O=c1n(Cc2cccnc2)c2ccccc2n1C1CCN(CC2CCCCCCC2)CC1. The molecule has 1 aromatic carbocycles. The minimum Gasteiger partial charge on any atom is -0.303 e. The van der Waals surface area contributed by atoms with Gasteiger partial charge in [-0.2, -0.15) is 0 Å². The minimum absolute atomic E-state index is 0. The lowest BCUT2D eigenvalue weighted by atomic mass is 9.90. The first-order chi connectivity index (χ1) is 15.8. The summed E-state index contributed by atoms with van der Waals surface area (Å²) in [5.41, 5.74) is 3.28. The maximum absolute atomic E-state index is 13.6. The second-order valence-electron chi connectivity index (χ2n) is 9.83. The first kappa shape index (κ1) is 24.0. The lowest BCUT2D eigenvalue weighted by molar-refractivity contribution is 0.152. The summed E-state index contributed by atoms with van der Waals surface area (Å²) >= 11 is 0. The summed E-state index contributed by atoms with van der Waals surface area (Å²) in [5.74, 6) is 0.871. The summed E-state index contributed by atoms with van der Waals surface area (Å²) in [7, 11) is 0. The predicted molar refractivity (Wildman–Crippen MR) is 137 cm³/mol. The Morgan fingerprint density at radius 3 is 2.24 bits per heavy atom. The van der Waals surface area contributed by atoms with Crippen LogP contribution in [-0.2, 0) is 6.54 Å². The molecule has 33 heavy (non-hydrogen) atoms. The number of rotatable bonds is 5. The molecule has 0 spiro atoms. The summed E-state index contributed by atoms with van der Waals surface area (Å²) in [6, 6.07) is 12.5. The van der Waals surface area contributed by atoms with Crippen molar-refractivity contribution in [2.45, 2.75) is 70.4 Å². The number of halogens is 1. The van der Waals surface area contributed by atoms with Crippen LogP contribution in [0.25, 0.3) is 11.0 Å². The van der Waals surface area contributed by atoms with Gasteiger partial charge in [-0.15, -0.1) is 12.4 Å². The molecule has 3 aromatic rings. The van der Waals surface area contributed by atoms with Gasteiger partial charge < -0.3 is 4.90 Å². The van der Waals surface area contributed by atoms with E-state index >= 15 is 0 Å². The molecule has 0 amide bonds. The van der Waals surface area contributed by atoms with E-state index in [-0.39, 0.29) is 24.1 Å². The second-order valence-corrected chi connectivity index (χ2v) is 9.83. The van der Waals surface area contributed by atoms with Gasteiger partial charge in [-0.3, -0.25) is 14.1 Å². The van der Waals surface area contributed by atoms with Gasteiger partial charge in [-0.25, -0.2) is 4.79 Å². The Morgan fingerprint density at radius 2 is 1.55 bits per heavy atom. The lowest BCUT2D eigenvalue weighted by Crippen LogP contribution is -2.40. The number of para-hydroxylation sites is 2. The van der Waals surface area contributed by atoms with E-state index in [1.54, 1.807) is 6.20 Å². The number of nitrogens with zero attached hydrogens (tertiary/aromatic N) is 4. The average Bonchev–Trinajstić information content (AvgIpc) is 3.08. The molecule has 1 aliphatic carbocycles. The molecule has 0 atom stereocenters. The van der Waals surface area contributed by atoms with Crippen LogP contribution in [0.5, 0.6) is 0 Å². The molecular weight excluding hydrogens is 432 g/mol. The molecule has 1 aliphatic heterocycles. The number of imidazole rings is 1. The predicted octanol–water partition coefficient (Wildman–Crippen LogP) is 5.67. The van der Waals surface area contributed by atoms with Gasteiger partial charge in [0.2, 0.25) is 0 Å². The molecule has 0 N–H and O–H groups in total. The van der Waals surface area contributed by atoms with Crippen molar-refractivity contribution in [1.29, 1.82) is 0 Å². The summed E-state index contributed by atoms with van der Waals surface area (Å²) in [6.07, 6.45) is 15.7. The third-order valence-corrected chi connectivity index (χ3v) is 7.60. The van der Waals surface area contributed by atoms with Crippen LogP contribution in [0.2, 0.25) is 0 Å². The zero-order valence-corrected chi connectivity index (χ0v) is 20.4. The molecule has 0 unspecified atom stereocenters. The zero-order valence-electron chi connectivity index (χ0n) is 19.6. The van der Waals surface area contributed by atoms with Crippen molar-refractivity contribution < 1.29 is 0 Å². The molecule has 3 heterocycles. The van der Waals surface area contributed by atoms with Crippen molar-refractivity contribution in [2.24, 2.45) is 5.92 Å². The molecule has 2 fully saturated rings. The summed E-state index contributed by atoms with van der Waals surface area (Å²) < 4.78 is 4.01.